The van der Waals surface area contributed by atoms with Crippen molar-refractivity contribution >= 4 is 5.91 Å². The summed E-state index contributed by atoms with van der Waals surface area (Å²) in [6.07, 6.45) is 23.3. The van der Waals surface area contributed by atoms with E-state index in [9.17, 15) is 4.79 Å². The van der Waals surface area contributed by atoms with Crippen molar-refractivity contribution in [1.82, 2.24) is 9.80 Å². The van der Waals surface area contributed by atoms with Gasteiger partial charge >= 0.3 is 0 Å². The van der Waals surface area contributed by atoms with Crippen LogP contribution in [-0.2, 0) is 4.79 Å². The maximum atomic E-state index is 12.9. The summed E-state index contributed by atoms with van der Waals surface area (Å²) in [5, 5.41) is 9.16. The van der Waals surface area contributed by atoms with Gasteiger partial charge in [-0.05, 0) is 45.2 Å². The number of hydrogen-bond donors (Lipinski definition) is 1. The minimum Gasteiger partial charge on any atom is -0.395 e. The molecule has 0 aromatic rings. The van der Waals surface area contributed by atoms with Gasteiger partial charge in [0.05, 0.1) is 6.61 Å². The topological polar surface area (TPSA) is 43.8 Å². The zero-order valence-corrected chi connectivity index (χ0v) is 22.9. The number of rotatable bonds is 26. The Morgan fingerprint density at radius 2 is 0.970 bits per heavy atom. The predicted molar refractivity (Wildman–Crippen MR) is 145 cm³/mol. The van der Waals surface area contributed by atoms with Gasteiger partial charge in [-0.1, -0.05) is 104 Å². The Morgan fingerprint density at radius 3 is 1.45 bits per heavy atom. The molecule has 0 aromatic heterocycles. The van der Waals surface area contributed by atoms with Crippen LogP contribution in [0.15, 0.2) is 0 Å². The summed E-state index contributed by atoms with van der Waals surface area (Å²) in [5.74, 6) is 0.397. The number of carbonyl (C=O) groups is 1. The van der Waals surface area contributed by atoms with Crippen molar-refractivity contribution in [2.45, 2.75) is 143 Å². The van der Waals surface area contributed by atoms with E-state index < -0.39 is 0 Å². The minimum atomic E-state index is 0.260. The van der Waals surface area contributed by atoms with Crippen LogP contribution in [0.2, 0.25) is 0 Å². The van der Waals surface area contributed by atoms with Gasteiger partial charge in [0, 0.05) is 26.1 Å². The maximum Gasteiger partial charge on any atom is 0.222 e. The molecule has 0 aliphatic heterocycles. The van der Waals surface area contributed by atoms with E-state index in [0.29, 0.717) is 5.91 Å². The van der Waals surface area contributed by atoms with E-state index in [1.165, 1.54) is 103 Å². The second kappa shape index (κ2) is 26.0. The van der Waals surface area contributed by atoms with E-state index in [0.717, 1.165) is 52.0 Å². The third kappa shape index (κ3) is 21.6. The van der Waals surface area contributed by atoms with Crippen LogP contribution < -0.4 is 0 Å². The molecule has 0 spiro atoms. The van der Waals surface area contributed by atoms with Gasteiger partial charge in [0.25, 0.3) is 0 Å². The molecule has 0 aromatic carbocycles. The third-order valence-electron chi connectivity index (χ3n) is 6.74. The number of aliphatic hydroxyl groups is 1. The zero-order chi connectivity index (χ0) is 24.4. The summed E-state index contributed by atoms with van der Waals surface area (Å²) in [5.41, 5.74) is 0. The number of nitrogens with zero attached hydrogens (tertiary/aromatic N) is 2. The molecule has 33 heavy (non-hydrogen) atoms. The summed E-state index contributed by atoms with van der Waals surface area (Å²) >= 11 is 0. The molecule has 0 saturated carbocycles. The number of hydrogen-bond acceptors (Lipinski definition) is 3. The first-order valence-corrected chi connectivity index (χ1v) is 14.8. The van der Waals surface area contributed by atoms with E-state index in [1.807, 2.05) is 0 Å². The molecule has 0 heterocycles. The van der Waals surface area contributed by atoms with Crippen molar-refractivity contribution in [2.24, 2.45) is 0 Å². The monoisotopic (exact) mass is 468 g/mol. The van der Waals surface area contributed by atoms with Gasteiger partial charge in [-0.15, -0.1) is 0 Å². The lowest BCUT2D eigenvalue weighted by atomic mass is 10.1. The highest BCUT2D eigenvalue weighted by atomic mass is 16.3. The fourth-order valence-corrected chi connectivity index (χ4v) is 4.62. The summed E-state index contributed by atoms with van der Waals surface area (Å²) in [6.45, 7) is 11.9. The second-order valence-electron chi connectivity index (χ2n) is 10.00. The summed E-state index contributed by atoms with van der Waals surface area (Å²) in [4.78, 5) is 17.5. The van der Waals surface area contributed by atoms with Crippen LogP contribution >= 0.6 is 0 Å². The normalized spacial score (nSPS) is 11.4. The summed E-state index contributed by atoms with van der Waals surface area (Å²) < 4.78 is 0. The lowest BCUT2D eigenvalue weighted by Crippen LogP contribution is -2.32. The molecule has 0 atom stereocenters. The van der Waals surface area contributed by atoms with E-state index in [4.69, 9.17) is 5.11 Å². The fraction of sp³-hybridized carbons (Fsp3) is 0.966. The smallest absolute Gasteiger partial charge is 0.222 e. The Labute approximate surface area is 207 Å². The molecule has 0 aliphatic carbocycles. The van der Waals surface area contributed by atoms with Gasteiger partial charge < -0.3 is 14.9 Å². The molecular formula is C29H60N2O2. The molecule has 4 heteroatoms. The molecule has 0 unspecified atom stereocenters. The van der Waals surface area contributed by atoms with Gasteiger partial charge in [-0.25, -0.2) is 0 Å². The Balaban J connectivity index is 4.08. The second-order valence-corrected chi connectivity index (χ2v) is 10.00. The number of aliphatic hydroxyl groups excluding tert-OH is 1. The molecule has 0 saturated heterocycles. The Morgan fingerprint density at radius 1 is 0.515 bits per heavy atom. The van der Waals surface area contributed by atoms with Crippen LogP contribution in [0.5, 0.6) is 0 Å². The third-order valence-corrected chi connectivity index (χ3v) is 6.74. The van der Waals surface area contributed by atoms with Crippen LogP contribution in [0.25, 0.3) is 0 Å². The minimum absolute atomic E-state index is 0.260. The maximum absolute atomic E-state index is 12.9. The van der Waals surface area contributed by atoms with E-state index in [-0.39, 0.29) is 6.61 Å². The molecule has 0 aliphatic rings. The number of unbranched alkanes of at least 4 members (excludes halogenated alkanes) is 14. The van der Waals surface area contributed by atoms with Gasteiger partial charge in [0.1, 0.15) is 0 Å². The summed E-state index contributed by atoms with van der Waals surface area (Å²) in [6, 6.07) is 0. The predicted octanol–water partition coefficient (Wildman–Crippen LogP) is 7.58. The van der Waals surface area contributed by atoms with Crippen LogP contribution in [-0.4, -0.2) is 60.1 Å². The largest absolute Gasteiger partial charge is 0.395 e. The first-order valence-electron chi connectivity index (χ1n) is 14.8. The molecule has 1 N–H and O–H groups in total. The van der Waals surface area contributed by atoms with Gasteiger partial charge in [-0.2, -0.15) is 0 Å². The van der Waals surface area contributed by atoms with Crippen molar-refractivity contribution in [3.63, 3.8) is 0 Å². The van der Waals surface area contributed by atoms with Crippen LogP contribution in [0.1, 0.15) is 143 Å². The Bertz CT molecular complexity index is 381. The highest BCUT2D eigenvalue weighted by Gasteiger charge is 2.12. The molecule has 1 amide bonds. The first-order chi connectivity index (χ1) is 16.2. The lowest BCUT2D eigenvalue weighted by Gasteiger charge is -2.23. The van der Waals surface area contributed by atoms with Crippen molar-refractivity contribution in [2.75, 3.05) is 39.3 Å². The zero-order valence-electron chi connectivity index (χ0n) is 22.9. The number of carbonyl (C=O) groups excluding carboxylic acids is 1. The molecule has 0 radical (unpaired) electrons. The van der Waals surface area contributed by atoms with Crippen LogP contribution in [0.4, 0.5) is 0 Å². The first kappa shape index (κ1) is 32.4. The Kier molecular flexibility index (Phi) is 25.5. The Hall–Kier alpha value is -0.610. The molecular weight excluding hydrogens is 408 g/mol. The molecule has 198 valence electrons. The van der Waals surface area contributed by atoms with E-state index in [1.54, 1.807) is 0 Å². The van der Waals surface area contributed by atoms with Crippen LogP contribution in [0.3, 0.4) is 0 Å². The fourth-order valence-electron chi connectivity index (χ4n) is 4.62. The van der Waals surface area contributed by atoms with Crippen molar-refractivity contribution in [1.29, 1.82) is 0 Å². The quantitative estimate of drug-likeness (QED) is 0.133. The van der Waals surface area contributed by atoms with Gasteiger partial charge in [0.2, 0.25) is 5.91 Å². The van der Waals surface area contributed by atoms with Gasteiger partial charge in [-0.3, -0.25) is 4.79 Å². The van der Waals surface area contributed by atoms with E-state index in [2.05, 4.69) is 30.6 Å². The highest BCUT2D eigenvalue weighted by molar-refractivity contribution is 5.76. The number of amides is 1. The lowest BCUT2D eigenvalue weighted by molar-refractivity contribution is -0.131. The van der Waals surface area contributed by atoms with E-state index >= 15 is 0 Å². The standard InChI is InChI=1S/C29H60N2O2/c1-4-7-9-11-16-20-25-31(26-21-17-12-10-8-5-2)29(33)22-18-14-13-15-19-24-30(23-6-3)27-28-32/h32H,4-28H2,1-3H3. The highest BCUT2D eigenvalue weighted by Crippen LogP contribution is 2.12. The van der Waals surface area contributed by atoms with Crippen molar-refractivity contribution in [3.05, 3.63) is 0 Å². The van der Waals surface area contributed by atoms with Crippen LogP contribution in [0, 0.1) is 0 Å². The van der Waals surface area contributed by atoms with Crippen molar-refractivity contribution in [3.8, 4) is 0 Å². The molecule has 0 rings (SSSR count). The molecule has 0 fully saturated rings. The average Bonchev–Trinajstić information content (AvgIpc) is 2.81. The summed E-state index contributed by atoms with van der Waals surface area (Å²) in [7, 11) is 0. The molecule has 4 nitrogen and oxygen atoms in total. The molecule has 0 bridgehead atoms. The SMILES string of the molecule is CCCCCCCCN(CCCCCCCC)C(=O)CCCCCCCN(CCC)CCO. The van der Waals surface area contributed by atoms with Gasteiger partial charge in [0.15, 0.2) is 0 Å². The van der Waals surface area contributed by atoms with Crippen molar-refractivity contribution < 1.29 is 9.90 Å². The average molecular weight is 469 g/mol.